The van der Waals surface area contributed by atoms with Crippen molar-refractivity contribution in [2.24, 2.45) is 0 Å². The third kappa shape index (κ3) is 3.06. The van der Waals surface area contributed by atoms with Crippen LogP contribution in [0.3, 0.4) is 0 Å². The molecule has 2 aromatic rings. The monoisotopic (exact) mass is 330 g/mol. The van der Waals surface area contributed by atoms with Crippen LogP contribution in [0.4, 0.5) is 4.39 Å². The number of benzene rings is 2. The van der Waals surface area contributed by atoms with Crippen LogP contribution in [-0.4, -0.2) is 25.4 Å². The van der Waals surface area contributed by atoms with Crippen LogP contribution in [0.15, 0.2) is 42.5 Å². The summed E-state index contributed by atoms with van der Waals surface area (Å²) < 4.78 is 64.8. The Bertz CT molecular complexity index is 938. The molecule has 1 heterocycles. The molecular weight excluding hydrogens is 303 g/mol. The largest absolute Gasteiger partial charge is 0.361 e. The first kappa shape index (κ1) is 10.6. The molecule has 1 atom stereocenters. The number of rotatable bonds is 5. The van der Waals surface area contributed by atoms with Crippen molar-refractivity contribution in [3.63, 3.8) is 0 Å². The second-order valence-electron chi connectivity index (χ2n) is 5.86. The fraction of sp³-hybridized carbons (Fsp3) is 0.350. The van der Waals surface area contributed by atoms with Crippen LogP contribution in [0.2, 0.25) is 0 Å². The van der Waals surface area contributed by atoms with Gasteiger partial charge in [-0.05, 0) is 74.3 Å². The Balaban J connectivity index is 1.94. The number of hydrogen-bond acceptors (Lipinski definition) is 3. The van der Waals surface area contributed by atoms with E-state index < -0.39 is 25.4 Å². The van der Waals surface area contributed by atoms with Gasteiger partial charge in [-0.3, -0.25) is 0 Å². The van der Waals surface area contributed by atoms with Gasteiger partial charge in [-0.2, -0.15) is 5.26 Å². The van der Waals surface area contributed by atoms with Gasteiger partial charge in [-0.15, -0.1) is 0 Å². The molecule has 0 aliphatic carbocycles. The van der Waals surface area contributed by atoms with Gasteiger partial charge in [0.2, 0.25) is 0 Å². The standard InChI is InChI=1S/C20H21FN2O/c1-23(2)11-3-10-20(17-5-7-18(21)8-6-17)19-9-4-15(13-22)12-16(19)14-24-20/h4-9,12H,3,10-11,14H2,1-2H3/t20-/m0/s1/i1D3,2D3. The Hall–Kier alpha value is -2.22. The Morgan fingerprint density at radius 1 is 1.29 bits per heavy atom. The summed E-state index contributed by atoms with van der Waals surface area (Å²) in [4.78, 5) is 0.521. The SMILES string of the molecule is [2H]C([2H])([2H])N(CCC[C@@]1(c2ccc(F)cc2)OCc2cc(C#N)ccc21)C([2H])([2H])[2H]. The summed E-state index contributed by atoms with van der Waals surface area (Å²) in [7, 11) is 0. The van der Waals surface area contributed by atoms with E-state index in [0.717, 1.165) is 11.1 Å². The van der Waals surface area contributed by atoms with Gasteiger partial charge in [0.15, 0.2) is 0 Å². The molecule has 0 amide bonds. The molecule has 3 nitrogen and oxygen atoms in total. The maximum absolute atomic E-state index is 13.5. The molecule has 4 heteroatoms. The van der Waals surface area contributed by atoms with Gasteiger partial charge in [0, 0.05) is 8.22 Å². The van der Waals surface area contributed by atoms with Crippen molar-refractivity contribution in [2.75, 3.05) is 20.5 Å². The lowest BCUT2D eigenvalue weighted by molar-refractivity contribution is -0.0140. The second-order valence-corrected chi connectivity index (χ2v) is 5.86. The summed E-state index contributed by atoms with van der Waals surface area (Å²) in [6.45, 7) is -5.47. The molecular formula is C20H21FN2O. The van der Waals surface area contributed by atoms with Crippen LogP contribution >= 0.6 is 0 Å². The predicted molar refractivity (Wildman–Crippen MR) is 90.9 cm³/mol. The summed E-state index contributed by atoms with van der Waals surface area (Å²) in [6.07, 6.45) is 0.508. The van der Waals surface area contributed by atoms with E-state index in [9.17, 15) is 4.39 Å². The van der Waals surface area contributed by atoms with Gasteiger partial charge in [-0.1, -0.05) is 18.2 Å². The average molecular weight is 330 g/mol. The van der Waals surface area contributed by atoms with Crippen molar-refractivity contribution in [1.29, 1.82) is 5.26 Å². The average Bonchev–Trinajstić information content (AvgIpc) is 3.02. The Labute approximate surface area is 150 Å². The van der Waals surface area contributed by atoms with Gasteiger partial charge in [0.25, 0.3) is 0 Å². The van der Waals surface area contributed by atoms with Crippen molar-refractivity contribution in [3.8, 4) is 6.07 Å². The van der Waals surface area contributed by atoms with Gasteiger partial charge >= 0.3 is 0 Å². The van der Waals surface area contributed by atoms with E-state index in [1.807, 2.05) is 0 Å². The Kier molecular flexibility index (Phi) is 2.97. The second kappa shape index (κ2) is 6.72. The van der Waals surface area contributed by atoms with E-state index in [1.165, 1.54) is 12.1 Å². The van der Waals surface area contributed by atoms with Crippen LogP contribution in [0, 0.1) is 17.1 Å². The molecule has 0 aromatic heterocycles. The predicted octanol–water partition coefficient (Wildman–Crippen LogP) is 3.81. The number of nitriles is 1. The van der Waals surface area contributed by atoms with E-state index >= 15 is 0 Å². The molecule has 0 fully saturated rings. The molecule has 3 rings (SSSR count). The molecule has 24 heavy (non-hydrogen) atoms. The van der Waals surface area contributed by atoms with Crippen molar-refractivity contribution in [1.82, 2.24) is 4.90 Å². The minimum atomic E-state index is -2.76. The summed E-state index contributed by atoms with van der Waals surface area (Å²) in [5, 5.41) is 9.16. The lowest BCUT2D eigenvalue weighted by Crippen LogP contribution is -2.28. The Morgan fingerprint density at radius 3 is 2.79 bits per heavy atom. The molecule has 1 aliphatic heterocycles. The van der Waals surface area contributed by atoms with E-state index in [2.05, 4.69) is 6.07 Å². The molecule has 0 spiro atoms. The number of hydrogen-bond donors (Lipinski definition) is 0. The highest BCUT2D eigenvalue weighted by Gasteiger charge is 2.41. The zero-order chi connectivity index (χ0) is 22.2. The topological polar surface area (TPSA) is 36.3 Å². The van der Waals surface area contributed by atoms with Crippen molar-refractivity contribution >= 4 is 0 Å². The maximum atomic E-state index is 13.5. The molecule has 2 aromatic carbocycles. The number of nitrogens with zero attached hydrogens (tertiary/aromatic N) is 2. The van der Waals surface area contributed by atoms with E-state index in [0.29, 0.717) is 22.4 Å². The molecule has 124 valence electrons. The van der Waals surface area contributed by atoms with E-state index in [4.69, 9.17) is 18.2 Å². The summed E-state index contributed by atoms with van der Waals surface area (Å²) in [5.74, 6) is -0.400. The van der Waals surface area contributed by atoms with Crippen LogP contribution in [0.1, 0.15) is 43.3 Å². The van der Waals surface area contributed by atoms with Gasteiger partial charge < -0.3 is 9.64 Å². The van der Waals surface area contributed by atoms with Crippen LogP contribution in [0.25, 0.3) is 0 Å². The third-order valence-electron chi connectivity index (χ3n) is 4.36. The maximum Gasteiger partial charge on any atom is 0.123 e. The van der Waals surface area contributed by atoms with Crippen LogP contribution < -0.4 is 0 Å². The summed E-state index contributed by atoms with van der Waals surface area (Å²) in [5.41, 5.74) is 1.82. The lowest BCUT2D eigenvalue weighted by Gasteiger charge is -2.31. The van der Waals surface area contributed by atoms with Crippen LogP contribution in [0.5, 0.6) is 0 Å². The molecule has 0 saturated heterocycles. The third-order valence-corrected chi connectivity index (χ3v) is 4.36. The van der Waals surface area contributed by atoms with E-state index in [1.54, 1.807) is 30.3 Å². The first-order chi connectivity index (χ1) is 14.0. The molecule has 0 bridgehead atoms. The fourth-order valence-corrected chi connectivity index (χ4v) is 3.25. The highest BCUT2D eigenvalue weighted by Crippen LogP contribution is 2.45. The molecule has 0 N–H and O–H groups in total. The number of fused-ring (bicyclic) bond motifs is 1. The zero-order valence-electron chi connectivity index (χ0n) is 19.1. The first-order valence-corrected chi connectivity index (χ1v) is 7.69. The van der Waals surface area contributed by atoms with Gasteiger partial charge in [0.1, 0.15) is 11.4 Å². The van der Waals surface area contributed by atoms with Gasteiger partial charge in [0.05, 0.1) is 18.2 Å². The Morgan fingerprint density at radius 2 is 2.08 bits per heavy atom. The minimum absolute atomic E-state index is 0.190. The van der Waals surface area contributed by atoms with E-state index in [-0.39, 0.29) is 19.6 Å². The number of halogens is 1. The summed E-state index contributed by atoms with van der Waals surface area (Å²) >= 11 is 0. The van der Waals surface area contributed by atoms with Crippen LogP contribution in [-0.2, 0) is 16.9 Å². The summed E-state index contributed by atoms with van der Waals surface area (Å²) in [6, 6.07) is 13.1. The highest BCUT2D eigenvalue weighted by molar-refractivity contribution is 5.47. The highest BCUT2D eigenvalue weighted by atomic mass is 19.1. The molecule has 1 aliphatic rings. The fourth-order valence-electron chi connectivity index (χ4n) is 3.25. The van der Waals surface area contributed by atoms with Crippen molar-refractivity contribution in [2.45, 2.75) is 25.0 Å². The molecule has 0 radical (unpaired) electrons. The van der Waals surface area contributed by atoms with Crippen molar-refractivity contribution < 1.29 is 17.4 Å². The smallest absolute Gasteiger partial charge is 0.123 e. The quantitative estimate of drug-likeness (QED) is 0.836. The zero-order valence-corrected chi connectivity index (χ0v) is 13.1. The lowest BCUT2D eigenvalue weighted by atomic mass is 9.81. The molecule has 0 saturated carbocycles. The normalized spacial score (nSPS) is 24.0. The minimum Gasteiger partial charge on any atom is -0.361 e. The molecule has 0 unspecified atom stereocenters. The number of ether oxygens (including phenoxy) is 1. The van der Waals surface area contributed by atoms with Crippen molar-refractivity contribution in [3.05, 3.63) is 70.5 Å². The first-order valence-electron chi connectivity index (χ1n) is 10.7. The van der Waals surface area contributed by atoms with Gasteiger partial charge in [-0.25, -0.2) is 4.39 Å².